The van der Waals surface area contributed by atoms with Crippen molar-refractivity contribution in [3.63, 3.8) is 0 Å². The van der Waals surface area contributed by atoms with Crippen LogP contribution in [-0.2, 0) is 19.1 Å². The fraction of sp³-hybridized carbons (Fsp3) is 0.818. The average molecular weight is 229 g/mol. The molecule has 0 aromatic rings. The molecule has 0 unspecified atom stereocenters. The Hall–Kier alpha value is -1.10. The van der Waals surface area contributed by atoms with E-state index in [0.717, 1.165) is 12.8 Å². The molecule has 1 aliphatic rings. The second-order valence-corrected chi connectivity index (χ2v) is 4.22. The van der Waals surface area contributed by atoms with E-state index in [1.54, 1.807) is 0 Å². The number of rotatable bonds is 6. The van der Waals surface area contributed by atoms with Crippen LogP contribution in [0.3, 0.4) is 0 Å². The van der Waals surface area contributed by atoms with Gasteiger partial charge in [-0.3, -0.25) is 14.5 Å². The van der Waals surface area contributed by atoms with E-state index in [0.29, 0.717) is 19.4 Å². The minimum absolute atomic E-state index is 0.0822. The number of carbonyl (C=O) groups is 2. The molecule has 16 heavy (non-hydrogen) atoms. The first-order valence-corrected chi connectivity index (χ1v) is 5.39. The van der Waals surface area contributed by atoms with Crippen molar-refractivity contribution in [3.05, 3.63) is 0 Å². The first-order chi connectivity index (χ1) is 7.54. The first-order valence-electron chi connectivity index (χ1n) is 5.39. The zero-order chi connectivity index (χ0) is 12.2. The van der Waals surface area contributed by atoms with Crippen molar-refractivity contribution >= 4 is 11.9 Å². The van der Waals surface area contributed by atoms with Crippen LogP contribution in [0.4, 0.5) is 0 Å². The van der Waals surface area contributed by atoms with Crippen LogP contribution in [0, 0.1) is 0 Å². The van der Waals surface area contributed by atoms with Crippen LogP contribution in [0.15, 0.2) is 0 Å². The van der Waals surface area contributed by atoms with Crippen molar-refractivity contribution in [1.29, 1.82) is 0 Å². The Balaban J connectivity index is 2.38. The lowest BCUT2D eigenvalue weighted by Crippen LogP contribution is -2.37. The number of methoxy groups -OCH3 is 2. The third-order valence-electron chi connectivity index (χ3n) is 3.22. The standard InChI is InChI=1S/C11H19NO4/c1-12(7-4-9(13)15-2)11(5-6-11)8-10(14)16-3/h4-8H2,1-3H3. The largest absolute Gasteiger partial charge is 0.469 e. The van der Waals surface area contributed by atoms with E-state index in [9.17, 15) is 9.59 Å². The molecule has 0 spiro atoms. The molecular weight excluding hydrogens is 210 g/mol. The summed E-state index contributed by atoms with van der Waals surface area (Å²) in [5.74, 6) is -0.414. The van der Waals surface area contributed by atoms with Gasteiger partial charge in [-0.05, 0) is 19.9 Å². The van der Waals surface area contributed by atoms with E-state index < -0.39 is 0 Å². The second-order valence-electron chi connectivity index (χ2n) is 4.22. The fourth-order valence-corrected chi connectivity index (χ4v) is 1.78. The third kappa shape index (κ3) is 3.20. The van der Waals surface area contributed by atoms with Gasteiger partial charge in [0, 0.05) is 12.1 Å². The molecule has 0 N–H and O–H groups in total. The predicted molar refractivity (Wildman–Crippen MR) is 57.9 cm³/mol. The van der Waals surface area contributed by atoms with Crippen LogP contribution < -0.4 is 0 Å². The Labute approximate surface area is 95.7 Å². The highest BCUT2D eigenvalue weighted by Crippen LogP contribution is 2.44. The molecule has 0 aromatic carbocycles. The maximum absolute atomic E-state index is 11.2. The lowest BCUT2D eigenvalue weighted by atomic mass is 10.1. The highest BCUT2D eigenvalue weighted by atomic mass is 16.5. The predicted octanol–water partition coefficient (Wildman–Crippen LogP) is 0.577. The van der Waals surface area contributed by atoms with Gasteiger partial charge in [0.2, 0.25) is 0 Å². The SMILES string of the molecule is COC(=O)CCN(C)C1(CC(=O)OC)CC1. The number of hydrogen-bond acceptors (Lipinski definition) is 5. The van der Waals surface area contributed by atoms with Crippen LogP contribution in [0.1, 0.15) is 25.7 Å². The van der Waals surface area contributed by atoms with Crippen LogP contribution in [0.2, 0.25) is 0 Å². The Bertz CT molecular complexity index is 273. The average Bonchev–Trinajstić information content (AvgIpc) is 3.06. The van der Waals surface area contributed by atoms with Gasteiger partial charge in [0.15, 0.2) is 0 Å². The molecule has 0 aliphatic heterocycles. The number of ether oxygens (including phenoxy) is 2. The third-order valence-corrected chi connectivity index (χ3v) is 3.22. The van der Waals surface area contributed by atoms with Crippen LogP contribution in [-0.4, -0.2) is 50.2 Å². The summed E-state index contributed by atoms with van der Waals surface area (Å²) in [4.78, 5) is 24.3. The molecule has 1 saturated carbocycles. The Morgan fingerprint density at radius 1 is 1.19 bits per heavy atom. The summed E-state index contributed by atoms with van der Waals surface area (Å²) in [6, 6.07) is 0. The summed E-state index contributed by atoms with van der Waals surface area (Å²) < 4.78 is 9.24. The van der Waals surface area contributed by atoms with Gasteiger partial charge >= 0.3 is 11.9 Å². The molecule has 0 amide bonds. The zero-order valence-electron chi connectivity index (χ0n) is 10.1. The molecule has 0 bridgehead atoms. The summed E-state index contributed by atoms with van der Waals surface area (Å²) >= 11 is 0. The topological polar surface area (TPSA) is 55.8 Å². The van der Waals surface area contributed by atoms with Crippen molar-refractivity contribution in [2.75, 3.05) is 27.8 Å². The quantitative estimate of drug-likeness (QED) is 0.623. The van der Waals surface area contributed by atoms with Crippen molar-refractivity contribution in [2.45, 2.75) is 31.2 Å². The minimum atomic E-state index is -0.222. The van der Waals surface area contributed by atoms with Gasteiger partial charge in [-0.2, -0.15) is 0 Å². The molecule has 1 aliphatic carbocycles. The van der Waals surface area contributed by atoms with E-state index in [1.807, 2.05) is 7.05 Å². The molecule has 5 heteroatoms. The van der Waals surface area contributed by atoms with E-state index in [1.165, 1.54) is 14.2 Å². The van der Waals surface area contributed by atoms with Crippen LogP contribution in [0.25, 0.3) is 0 Å². The summed E-state index contributed by atoms with van der Waals surface area (Å²) in [7, 11) is 4.70. The lowest BCUT2D eigenvalue weighted by molar-refractivity contribution is -0.142. The molecule has 0 heterocycles. The van der Waals surface area contributed by atoms with E-state index in [-0.39, 0.29) is 17.5 Å². The van der Waals surface area contributed by atoms with Gasteiger partial charge < -0.3 is 9.47 Å². The molecule has 1 rings (SSSR count). The molecule has 0 atom stereocenters. The smallest absolute Gasteiger partial charge is 0.307 e. The fourth-order valence-electron chi connectivity index (χ4n) is 1.78. The molecule has 0 saturated heterocycles. The van der Waals surface area contributed by atoms with Gasteiger partial charge in [-0.25, -0.2) is 0 Å². The molecule has 92 valence electrons. The Morgan fingerprint density at radius 3 is 2.19 bits per heavy atom. The molecule has 0 radical (unpaired) electrons. The van der Waals surface area contributed by atoms with Gasteiger partial charge in [0.1, 0.15) is 0 Å². The van der Waals surface area contributed by atoms with Crippen molar-refractivity contribution in [1.82, 2.24) is 4.90 Å². The highest BCUT2D eigenvalue weighted by molar-refractivity contribution is 5.71. The summed E-state index contributed by atoms with van der Waals surface area (Å²) in [6.07, 6.45) is 2.73. The summed E-state index contributed by atoms with van der Waals surface area (Å²) in [5.41, 5.74) is -0.0822. The van der Waals surface area contributed by atoms with E-state index in [4.69, 9.17) is 0 Å². The maximum atomic E-state index is 11.2. The normalized spacial score (nSPS) is 17.0. The van der Waals surface area contributed by atoms with Crippen LogP contribution >= 0.6 is 0 Å². The van der Waals surface area contributed by atoms with Crippen molar-refractivity contribution in [3.8, 4) is 0 Å². The van der Waals surface area contributed by atoms with Gasteiger partial charge in [0.25, 0.3) is 0 Å². The van der Waals surface area contributed by atoms with Gasteiger partial charge in [0.05, 0.1) is 27.1 Å². The number of hydrogen-bond donors (Lipinski definition) is 0. The molecule has 0 aromatic heterocycles. The monoisotopic (exact) mass is 229 g/mol. The molecule has 1 fully saturated rings. The Kier molecular flexibility index (Phi) is 4.29. The first kappa shape index (κ1) is 13.0. The van der Waals surface area contributed by atoms with Crippen molar-refractivity contribution < 1.29 is 19.1 Å². The van der Waals surface area contributed by atoms with Gasteiger partial charge in [-0.15, -0.1) is 0 Å². The number of esters is 2. The second kappa shape index (κ2) is 5.30. The number of nitrogens with zero attached hydrogens (tertiary/aromatic N) is 1. The molecular formula is C11H19NO4. The zero-order valence-corrected chi connectivity index (χ0v) is 10.1. The summed E-state index contributed by atoms with van der Waals surface area (Å²) in [6.45, 7) is 0.615. The molecule has 5 nitrogen and oxygen atoms in total. The summed E-state index contributed by atoms with van der Waals surface area (Å²) in [5, 5.41) is 0. The van der Waals surface area contributed by atoms with Crippen LogP contribution in [0.5, 0.6) is 0 Å². The Morgan fingerprint density at radius 2 is 1.75 bits per heavy atom. The van der Waals surface area contributed by atoms with Gasteiger partial charge in [-0.1, -0.05) is 0 Å². The maximum Gasteiger partial charge on any atom is 0.307 e. The number of carbonyl (C=O) groups excluding carboxylic acids is 2. The van der Waals surface area contributed by atoms with E-state index >= 15 is 0 Å². The lowest BCUT2D eigenvalue weighted by Gasteiger charge is -2.26. The minimum Gasteiger partial charge on any atom is -0.469 e. The highest BCUT2D eigenvalue weighted by Gasteiger charge is 2.48. The van der Waals surface area contributed by atoms with E-state index in [2.05, 4.69) is 14.4 Å². The van der Waals surface area contributed by atoms with Crippen molar-refractivity contribution in [2.24, 2.45) is 0 Å².